The molecule has 104 valence electrons. The molecule has 1 aliphatic rings. The van der Waals surface area contributed by atoms with Gasteiger partial charge in [0.2, 0.25) is 0 Å². The number of carbonyl (C=O) groups excluding carboxylic acids is 1. The number of aliphatic hydroxyl groups excluding tert-OH is 1. The van der Waals surface area contributed by atoms with Crippen LogP contribution in [0.1, 0.15) is 24.8 Å². The highest BCUT2D eigenvalue weighted by Gasteiger charge is 2.56. The molecule has 2 unspecified atom stereocenters. The molecule has 5 heteroatoms. The van der Waals surface area contributed by atoms with Crippen LogP contribution in [0.3, 0.4) is 0 Å². The van der Waals surface area contributed by atoms with Gasteiger partial charge in [0.05, 0.1) is 12.5 Å². The second kappa shape index (κ2) is 5.65. The minimum atomic E-state index is -2.66. The second-order valence-electron chi connectivity index (χ2n) is 4.90. The molecule has 1 saturated carbocycles. The molecular formula is C14H16F2O3. The first-order valence-corrected chi connectivity index (χ1v) is 6.23. The first-order chi connectivity index (χ1) is 8.97. The third-order valence-electron chi connectivity index (χ3n) is 3.16. The lowest BCUT2D eigenvalue weighted by Crippen LogP contribution is -2.17. The van der Waals surface area contributed by atoms with Crippen molar-refractivity contribution in [2.75, 3.05) is 0 Å². The Hall–Kier alpha value is -1.49. The minimum absolute atomic E-state index is 0.0482. The summed E-state index contributed by atoms with van der Waals surface area (Å²) in [5, 5.41) is 9.53. The molecule has 0 radical (unpaired) electrons. The number of hydrogen-bond donors (Lipinski definition) is 1. The quantitative estimate of drug-likeness (QED) is 0.808. The Morgan fingerprint density at radius 3 is 2.63 bits per heavy atom. The topological polar surface area (TPSA) is 46.5 Å². The lowest BCUT2D eigenvalue weighted by atomic mass is 10.1. The van der Waals surface area contributed by atoms with E-state index in [1.54, 1.807) is 0 Å². The molecule has 0 amide bonds. The van der Waals surface area contributed by atoms with E-state index in [-0.39, 0.29) is 25.9 Å². The molecule has 1 aromatic rings. The molecule has 3 nitrogen and oxygen atoms in total. The molecule has 19 heavy (non-hydrogen) atoms. The molecule has 0 spiro atoms. The monoisotopic (exact) mass is 270 g/mol. The molecule has 0 heterocycles. The Balaban J connectivity index is 1.67. The summed E-state index contributed by atoms with van der Waals surface area (Å²) in [6, 6.07) is 9.13. The number of hydrogen-bond acceptors (Lipinski definition) is 3. The summed E-state index contributed by atoms with van der Waals surface area (Å²) in [7, 11) is 0. The molecule has 1 aromatic carbocycles. The van der Waals surface area contributed by atoms with Crippen molar-refractivity contribution in [1.29, 1.82) is 0 Å². The lowest BCUT2D eigenvalue weighted by molar-refractivity contribution is -0.147. The number of carbonyl (C=O) groups is 1. The molecule has 0 saturated heterocycles. The SMILES string of the molecule is O=C(CC(O)CC1CC1(F)F)OCc1ccccc1. The van der Waals surface area contributed by atoms with E-state index >= 15 is 0 Å². The van der Waals surface area contributed by atoms with Crippen LogP contribution >= 0.6 is 0 Å². The van der Waals surface area contributed by atoms with Crippen molar-refractivity contribution in [2.24, 2.45) is 5.92 Å². The number of halogens is 2. The van der Waals surface area contributed by atoms with Gasteiger partial charge in [-0.3, -0.25) is 4.79 Å². The molecule has 2 atom stereocenters. The maximum absolute atomic E-state index is 12.6. The van der Waals surface area contributed by atoms with E-state index in [0.29, 0.717) is 0 Å². The predicted molar refractivity (Wildman–Crippen MR) is 64.5 cm³/mol. The summed E-state index contributed by atoms with van der Waals surface area (Å²) in [5.41, 5.74) is 0.846. The van der Waals surface area contributed by atoms with E-state index in [1.165, 1.54) is 0 Å². The van der Waals surface area contributed by atoms with Gasteiger partial charge >= 0.3 is 5.97 Å². The van der Waals surface area contributed by atoms with Crippen molar-refractivity contribution in [1.82, 2.24) is 0 Å². The van der Waals surface area contributed by atoms with Crippen LogP contribution in [0.4, 0.5) is 8.78 Å². The van der Waals surface area contributed by atoms with Crippen LogP contribution in [-0.4, -0.2) is 23.1 Å². The van der Waals surface area contributed by atoms with E-state index in [2.05, 4.69) is 0 Å². The zero-order valence-electron chi connectivity index (χ0n) is 10.4. The fourth-order valence-electron chi connectivity index (χ4n) is 1.93. The zero-order chi connectivity index (χ0) is 13.9. The predicted octanol–water partition coefficient (Wildman–Crippen LogP) is 2.53. The molecule has 0 aliphatic heterocycles. The van der Waals surface area contributed by atoms with Gasteiger partial charge in [0, 0.05) is 12.3 Å². The van der Waals surface area contributed by atoms with E-state index in [4.69, 9.17) is 4.74 Å². The summed E-state index contributed by atoms with van der Waals surface area (Å²) in [5.74, 6) is -4.01. The number of rotatable bonds is 6. The minimum Gasteiger partial charge on any atom is -0.461 e. The maximum atomic E-state index is 12.6. The Morgan fingerprint density at radius 1 is 1.42 bits per heavy atom. The number of aliphatic hydroxyl groups is 1. The number of ether oxygens (including phenoxy) is 1. The molecule has 2 rings (SSSR count). The fraction of sp³-hybridized carbons (Fsp3) is 0.500. The van der Waals surface area contributed by atoms with E-state index in [0.717, 1.165) is 5.56 Å². The highest BCUT2D eigenvalue weighted by molar-refractivity contribution is 5.69. The molecule has 1 aliphatic carbocycles. The Morgan fingerprint density at radius 2 is 2.05 bits per heavy atom. The van der Waals surface area contributed by atoms with Gasteiger partial charge in [-0.2, -0.15) is 0 Å². The van der Waals surface area contributed by atoms with Crippen LogP contribution in [0.15, 0.2) is 30.3 Å². The van der Waals surface area contributed by atoms with Gasteiger partial charge in [-0.1, -0.05) is 30.3 Å². The van der Waals surface area contributed by atoms with Crippen molar-refractivity contribution < 1.29 is 23.4 Å². The van der Waals surface area contributed by atoms with Crippen molar-refractivity contribution in [2.45, 2.75) is 37.9 Å². The Labute approximate surface area is 110 Å². The molecule has 1 N–H and O–H groups in total. The van der Waals surface area contributed by atoms with Gasteiger partial charge < -0.3 is 9.84 Å². The standard InChI is InChI=1S/C14H16F2O3/c15-14(16)8-11(14)6-12(17)7-13(18)19-9-10-4-2-1-3-5-10/h1-5,11-12,17H,6-9H2. The second-order valence-corrected chi connectivity index (χ2v) is 4.90. The first kappa shape index (κ1) is 13.9. The third kappa shape index (κ3) is 4.28. The summed E-state index contributed by atoms with van der Waals surface area (Å²) >= 11 is 0. The van der Waals surface area contributed by atoms with Crippen LogP contribution in [0.25, 0.3) is 0 Å². The normalized spacial score (nSPS) is 21.7. The average molecular weight is 270 g/mol. The van der Waals surface area contributed by atoms with Crippen molar-refractivity contribution in [3.8, 4) is 0 Å². The lowest BCUT2D eigenvalue weighted by Gasteiger charge is -2.10. The maximum Gasteiger partial charge on any atom is 0.308 e. The summed E-state index contributed by atoms with van der Waals surface area (Å²) < 4.78 is 30.2. The summed E-state index contributed by atoms with van der Waals surface area (Å²) in [6.45, 7) is 0.131. The first-order valence-electron chi connectivity index (χ1n) is 6.23. The largest absolute Gasteiger partial charge is 0.461 e. The van der Waals surface area contributed by atoms with Crippen LogP contribution in [-0.2, 0) is 16.1 Å². The van der Waals surface area contributed by atoms with Crippen LogP contribution < -0.4 is 0 Å². The van der Waals surface area contributed by atoms with Gasteiger partial charge in [-0.05, 0) is 12.0 Å². The summed E-state index contributed by atoms with van der Waals surface area (Å²) in [6.07, 6.45) is -1.53. The van der Waals surface area contributed by atoms with Crippen molar-refractivity contribution in [3.05, 3.63) is 35.9 Å². The van der Waals surface area contributed by atoms with Crippen LogP contribution in [0, 0.1) is 5.92 Å². The highest BCUT2D eigenvalue weighted by atomic mass is 19.3. The average Bonchev–Trinajstić information content (AvgIpc) is 2.95. The fourth-order valence-corrected chi connectivity index (χ4v) is 1.93. The zero-order valence-corrected chi connectivity index (χ0v) is 10.4. The molecular weight excluding hydrogens is 254 g/mol. The third-order valence-corrected chi connectivity index (χ3v) is 3.16. The van der Waals surface area contributed by atoms with Gasteiger partial charge in [-0.15, -0.1) is 0 Å². The number of benzene rings is 1. The van der Waals surface area contributed by atoms with Gasteiger partial charge in [0.15, 0.2) is 0 Å². The highest BCUT2D eigenvalue weighted by Crippen LogP contribution is 2.51. The van der Waals surface area contributed by atoms with E-state index in [9.17, 15) is 18.7 Å². The molecule has 1 fully saturated rings. The van der Waals surface area contributed by atoms with E-state index in [1.807, 2.05) is 30.3 Å². The van der Waals surface area contributed by atoms with Crippen LogP contribution in [0.5, 0.6) is 0 Å². The smallest absolute Gasteiger partial charge is 0.308 e. The van der Waals surface area contributed by atoms with Gasteiger partial charge in [0.1, 0.15) is 6.61 Å². The van der Waals surface area contributed by atoms with Gasteiger partial charge in [0.25, 0.3) is 5.92 Å². The van der Waals surface area contributed by atoms with Gasteiger partial charge in [-0.25, -0.2) is 8.78 Å². The number of alkyl halides is 2. The van der Waals surface area contributed by atoms with E-state index < -0.39 is 23.9 Å². The Bertz CT molecular complexity index is 434. The molecule has 0 aromatic heterocycles. The Kier molecular flexibility index (Phi) is 4.14. The molecule has 0 bridgehead atoms. The van der Waals surface area contributed by atoms with Crippen molar-refractivity contribution in [3.63, 3.8) is 0 Å². The van der Waals surface area contributed by atoms with Crippen LogP contribution in [0.2, 0.25) is 0 Å². The summed E-state index contributed by atoms with van der Waals surface area (Å²) in [4.78, 5) is 11.4. The van der Waals surface area contributed by atoms with Crippen molar-refractivity contribution >= 4 is 5.97 Å². The number of esters is 1.